The molecule has 1 amide bonds. The average molecular weight is 344 g/mol. The number of carbonyl (C=O) groups excluding carboxylic acids is 1. The maximum atomic E-state index is 12.8. The highest BCUT2D eigenvalue weighted by molar-refractivity contribution is 7.90. The third-order valence-electron chi connectivity index (χ3n) is 4.28. The van der Waals surface area contributed by atoms with Gasteiger partial charge in [0.2, 0.25) is 5.91 Å². The van der Waals surface area contributed by atoms with Crippen molar-refractivity contribution in [3.8, 4) is 0 Å². The van der Waals surface area contributed by atoms with Crippen LogP contribution in [-0.2, 0) is 20.0 Å². The molecule has 0 spiro atoms. The van der Waals surface area contributed by atoms with E-state index in [-0.39, 0.29) is 18.2 Å². The largest absolute Gasteiger partial charge is 0.354 e. The Morgan fingerprint density at radius 3 is 2.55 bits per heavy atom. The van der Waals surface area contributed by atoms with Crippen LogP contribution < -0.4 is 5.32 Å². The van der Waals surface area contributed by atoms with Crippen LogP contribution in [0.1, 0.15) is 37.7 Å². The Morgan fingerprint density at radius 2 is 1.95 bits per heavy atom. The molecule has 22 heavy (non-hydrogen) atoms. The summed E-state index contributed by atoms with van der Waals surface area (Å²) in [7, 11) is -3.08. The van der Waals surface area contributed by atoms with Crippen molar-refractivity contribution in [3.05, 3.63) is 34.9 Å². The molecule has 0 atom stereocenters. The van der Waals surface area contributed by atoms with Crippen molar-refractivity contribution in [3.63, 3.8) is 0 Å². The number of nitrogens with one attached hydrogen (secondary N) is 1. The van der Waals surface area contributed by atoms with Gasteiger partial charge in [0.15, 0.2) is 0 Å². The van der Waals surface area contributed by atoms with E-state index < -0.39 is 15.3 Å². The molecule has 0 unspecified atom stereocenters. The van der Waals surface area contributed by atoms with E-state index >= 15 is 0 Å². The summed E-state index contributed by atoms with van der Waals surface area (Å²) in [6, 6.07) is 7.44. The van der Waals surface area contributed by atoms with Crippen LogP contribution in [0.25, 0.3) is 0 Å². The first-order valence-electron chi connectivity index (χ1n) is 7.56. The molecule has 0 aromatic heterocycles. The minimum Gasteiger partial charge on any atom is -0.354 e. The van der Waals surface area contributed by atoms with Gasteiger partial charge in [-0.25, -0.2) is 8.42 Å². The van der Waals surface area contributed by atoms with Crippen LogP contribution in [0, 0.1) is 0 Å². The molecule has 1 aromatic carbocycles. The third-order valence-corrected chi connectivity index (χ3v) is 5.46. The molecule has 0 saturated heterocycles. The maximum absolute atomic E-state index is 12.8. The van der Waals surface area contributed by atoms with Crippen molar-refractivity contribution in [1.82, 2.24) is 5.32 Å². The standard InChI is InChI=1S/C16H22ClNO3S/c1-22(20,21)11-10-18-15(19)16(8-3-2-4-9-16)13-6-5-7-14(17)12-13/h5-7,12H,2-4,8-11H2,1H3,(H,18,19). The fourth-order valence-corrected chi connectivity index (χ4v) is 3.77. The smallest absolute Gasteiger partial charge is 0.230 e. The van der Waals surface area contributed by atoms with Gasteiger partial charge in [-0.2, -0.15) is 0 Å². The molecule has 0 heterocycles. The van der Waals surface area contributed by atoms with Crippen LogP contribution in [0.2, 0.25) is 5.02 Å². The zero-order chi connectivity index (χ0) is 16.2. The van der Waals surface area contributed by atoms with Gasteiger partial charge in [0, 0.05) is 17.8 Å². The van der Waals surface area contributed by atoms with Gasteiger partial charge in [0.05, 0.1) is 11.2 Å². The molecule has 122 valence electrons. The zero-order valence-electron chi connectivity index (χ0n) is 12.8. The third kappa shape index (κ3) is 4.23. The lowest BCUT2D eigenvalue weighted by Crippen LogP contribution is -2.47. The van der Waals surface area contributed by atoms with Crippen molar-refractivity contribution >= 4 is 27.3 Å². The van der Waals surface area contributed by atoms with E-state index in [0.29, 0.717) is 5.02 Å². The molecule has 1 fully saturated rings. The first-order chi connectivity index (χ1) is 10.3. The molecule has 0 radical (unpaired) electrons. The topological polar surface area (TPSA) is 63.2 Å². The van der Waals surface area contributed by atoms with E-state index in [0.717, 1.165) is 37.7 Å². The van der Waals surface area contributed by atoms with Gasteiger partial charge in [0.1, 0.15) is 9.84 Å². The normalized spacial score (nSPS) is 17.9. The average Bonchev–Trinajstić information content (AvgIpc) is 2.46. The minimum atomic E-state index is -3.08. The number of carbonyl (C=O) groups is 1. The Bertz CT molecular complexity index is 637. The number of sulfone groups is 1. The van der Waals surface area contributed by atoms with Gasteiger partial charge in [-0.3, -0.25) is 4.79 Å². The molecule has 1 N–H and O–H groups in total. The van der Waals surface area contributed by atoms with E-state index in [1.807, 2.05) is 18.2 Å². The molecule has 2 rings (SSSR count). The fraction of sp³-hybridized carbons (Fsp3) is 0.562. The molecular formula is C16H22ClNO3S. The number of benzene rings is 1. The number of halogens is 1. The predicted molar refractivity (Wildman–Crippen MR) is 88.9 cm³/mol. The van der Waals surface area contributed by atoms with Gasteiger partial charge in [0.25, 0.3) is 0 Å². The Kier molecular flexibility index (Phi) is 5.50. The minimum absolute atomic E-state index is 0.0373. The molecule has 1 aliphatic rings. The Labute approximate surface area is 137 Å². The summed E-state index contributed by atoms with van der Waals surface area (Å²) in [4.78, 5) is 12.8. The van der Waals surface area contributed by atoms with Crippen molar-refractivity contribution in [1.29, 1.82) is 0 Å². The van der Waals surface area contributed by atoms with Crippen LogP contribution in [0.15, 0.2) is 24.3 Å². The van der Waals surface area contributed by atoms with Crippen molar-refractivity contribution in [2.75, 3.05) is 18.6 Å². The maximum Gasteiger partial charge on any atom is 0.230 e. The Hall–Kier alpha value is -1.07. The highest BCUT2D eigenvalue weighted by atomic mass is 35.5. The highest BCUT2D eigenvalue weighted by Crippen LogP contribution is 2.40. The van der Waals surface area contributed by atoms with Gasteiger partial charge in [-0.1, -0.05) is 43.0 Å². The van der Waals surface area contributed by atoms with Crippen LogP contribution in [0.5, 0.6) is 0 Å². The molecular weight excluding hydrogens is 322 g/mol. The van der Waals surface area contributed by atoms with Gasteiger partial charge in [-0.05, 0) is 30.5 Å². The Morgan fingerprint density at radius 1 is 1.27 bits per heavy atom. The molecule has 0 aliphatic heterocycles. The van der Waals surface area contributed by atoms with E-state index in [1.165, 1.54) is 6.26 Å². The number of hydrogen-bond donors (Lipinski definition) is 1. The first kappa shape index (κ1) is 17.3. The number of amides is 1. The fourth-order valence-electron chi connectivity index (χ4n) is 3.11. The summed E-state index contributed by atoms with van der Waals surface area (Å²) in [5.41, 5.74) is 0.345. The molecule has 0 bridgehead atoms. The molecule has 1 saturated carbocycles. The van der Waals surface area contributed by atoms with E-state index in [1.54, 1.807) is 6.07 Å². The van der Waals surface area contributed by atoms with Crippen molar-refractivity contribution in [2.24, 2.45) is 0 Å². The summed E-state index contributed by atoms with van der Waals surface area (Å²) in [6.07, 6.45) is 5.83. The van der Waals surface area contributed by atoms with E-state index in [9.17, 15) is 13.2 Å². The lowest BCUT2D eigenvalue weighted by molar-refractivity contribution is -0.127. The van der Waals surface area contributed by atoms with Crippen LogP contribution in [0.3, 0.4) is 0 Å². The van der Waals surface area contributed by atoms with Gasteiger partial charge in [-0.15, -0.1) is 0 Å². The van der Waals surface area contributed by atoms with E-state index in [2.05, 4.69) is 5.32 Å². The predicted octanol–water partition coefficient (Wildman–Crippen LogP) is 2.70. The number of rotatable bonds is 5. The highest BCUT2D eigenvalue weighted by Gasteiger charge is 2.41. The van der Waals surface area contributed by atoms with Gasteiger partial charge >= 0.3 is 0 Å². The second-order valence-electron chi connectivity index (χ2n) is 6.04. The van der Waals surface area contributed by atoms with Crippen LogP contribution >= 0.6 is 11.6 Å². The summed E-state index contributed by atoms with van der Waals surface area (Å²) in [5.74, 6) is -0.122. The summed E-state index contributed by atoms with van der Waals surface area (Å²) in [6.45, 7) is 0.153. The number of hydrogen-bond acceptors (Lipinski definition) is 3. The Balaban J connectivity index is 2.20. The molecule has 6 heteroatoms. The lowest BCUT2D eigenvalue weighted by Gasteiger charge is -2.36. The molecule has 4 nitrogen and oxygen atoms in total. The second-order valence-corrected chi connectivity index (χ2v) is 8.74. The SMILES string of the molecule is CS(=O)(=O)CCNC(=O)C1(c2cccc(Cl)c2)CCCCC1. The van der Waals surface area contributed by atoms with Crippen LogP contribution in [0.4, 0.5) is 0 Å². The quantitative estimate of drug-likeness (QED) is 0.894. The molecule has 1 aromatic rings. The second kappa shape index (κ2) is 7.01. The van der Waals surface area contributed by atoms with E-state index in [4.69, 9.17) is 11.6 Å². The summed E-state index contributed by atoms with van der Waals surface area (Å²) >= 11 is 6.08. The monoisotopic (exact) mass is 343 g/mol. The molecule has 1 aliphatic carbocycles. The first-order valence-corrected chi connectivity index (χ1v) is 9.99. The van der Waals surface area contributed by atoms with Gasteiger partial charge < -0.3 is 5.32 Å². The van der Waals surface area contributed by atoms with Crippen LogP contribution in [-0.4, -0.2) is 32.9 Å². The van der Waals surface area contributed by atoms with Crippen molar-refractivity contribution in [2.45, 2.75) is 37.5 Å². The lowest BCUT2D eigenvalue weighted by atomic mass is 9.68. The zero-order valence-corrected chi connectivity index (χ0v) is 14.3. The van der Waals surface area contributed by atoms with Crippen molar-refractivity contribution < 1.29 is 13.2 Å². The summed E-state index contributed by atoms with van der Waals surface area (Å²) in [5, 5.41) is 3.42. The summed E-state index contributed by atoms with van der Waals surface area (Å²) < 4.78 is 22.4.